The van der Waals surface area contributed by atoms with Crippen LogP contribution in [0.1, 0.15) is 0 Å². The summed E-state index contributed by atoms with van der Waals surface area (Å²) in [4.78, 5) is 0. The van der Waals surface area contributed by atoms with Crippen LogP contribution < -0.4 is 9.47 Å². The van der Waals surface area contributed by atoms with E-state index in [2.05, 4.69) is 0 Å². The quantitative estimate of drug-likeness (QED) is 0.494. The largest absolute Gasteiger partial charge is 0.496 e. The Hall–Kier alpha value is -2.30. The molecule has 0 radical (unpaired) electrons. The van der Waals surface area contributed by atoms with Crippen molar-refractivity contribution in [2.75, 3.05) is 14.2 Å². The van der Waals surface area contributed by atoms with Gasteiger partial charge in [-0.15, -0.1) is 0 Å². The maximum atomic E-state index is 14.8. The van der Waals surface area contributed by atoms with Crippen molar-refractivity contribution in [2.45, 2.75) is 0 Å². The fourth-order valence-corrected chi connectivity index (χ4v) is 3.06. The van der Waals surface area contributed by atoms with E-state index in [-0.39, 0.29) is 11.1 Å². The van der Waals surface area contributed by atoms with Gasteiger partial charge < -0.3 is 9.47 Å². The first-order chi connectivity index (χ1) is 12.4. The van der Waals surface area contributed by atoms with Crippen LogP contribution in [0.5, 0.6) is 11.5 Å². The van der Waals surface area contributed by atoms with Gasteiger partial charge in [0.15, 0.2) is 0 Å². The molecule has 0 aliphatic carbocycles. The Morgan fingerprint density at radius 2 is 1.00 bits per heavy atom. The molecule has 0 unspecified atom stereocenters. The van der Waals surface area contributed by atoms with Gasteiger partial charge in [0.25, 0.3) is 0 Å². The molecule has 6 heteroatoms. The molecule has 0 saturated carbocycles. The Labute approximate surface area is 159 Å². The number of hydrogen-bond donors (Lipinski definition) is 0. The Morgan fingerprint density at radius 3 is 1.35 bits per heavy atom. The molecule has 0 fully saturated rings. The monoisotopic (exact) mass is 394 g/mol. The van der Waals surface area contributed by atoms with Crippen LogP contribution >= 0.6 is 23.2 Å². The van der Waals surface area contributed by atoms with E-state index in [1.807, 2.05) is 0 Å². The summed E-state index contributed by atoms with van der Waals surface area (Å²) in [6, 6.07) is 11.7. The first-order valence-corrected chi connectivity index (χ1v) is 8.37. The van der Waals surface area contributed by atoms with E-state index in [0.717, 1.165) is 12.1 Å². The summed E-state index contributed by atoms with van der Waals surface area (Å²) in [6.45, 7) is 0. The van der Waals surface area contributed by atoms with E-state index in [4.69, 9.17) is 32.7 Å². The predicted molar refractivity (Wildman–Crippen MR) is 100 cm³/mol. The molecule has 0 spiro atoms. The van der Waals surface area contributed by atoms with Gasteiger partial charge in [0, 0.05) is 32.3 Å². The minimum absolute atomic E-state index is 0.0766. The molecule has 3 aromatic carbocycles. The molecule has 0 bridgehead atoms. The van der Waals surface area contributed by atoms with Crippen molar-refractivity contribution in [2.24, 2.45) is 0 Å². The standard InChI is InChI=1S/C20H14Cl2F2O2/c1-25-19-7-11(21)3-5-13(19)15-9-18(24)16(10-17(15)23)14-6-4-12(22)8-20(14)26-2/h3-10H,1-2H3. The zero-order chi connectivity index (χ0) is 18.8. The molecular formula is C20H14Cl2F2O2. The first-order valence-electron chi connectivity index (χ1n) is 7.61. The third-order valence-corrected chi connectivity index (χ3v) is 4.43. The molecular weight excluding hydrogens is 381 g/mol. The van der Waals surface area contributed by atoms with Gasteiger partial charge in [-0.05, 0) is 48.5 Å². The summed E-state index contributed by atoms with van der Waals surface area (Å²) in [5.74, 6) is -0.488. The van der Waals surface area contributed by atoms with Crippen LogP contribution in [-0.2, 0) is 0 Å². The third-order valence-electron chi connectivity index (χ3n) is 3.96. The summed E-state index contributed by atoms with van der Waals surface area (Å²) in [5, 5.41) is 0.878. The second-order valence-corrected chi connectivity index (χ2v) is 6.37. The molecule has 0 aromatic heterocycles. The van der Waals surface area contributed by atoms with Gasteiger partial charge in [0.1, 0.15) is 23.1 Å². The van der Waals surface area contributed by atoms with E-state index < -0.39 is 11.6 Å². The lowest BCUT2D eigenvalue weighted by molar-refractivity contribution is 0.415. The number of methoxy groups -OCH3 is 2. The van der Waals surface area contributed by atoms with E-state index in [0.29, 0.717) is 32.7 Å². The maximum Gasteiger partial charge on any atom is 0.131 e. The maximum absolute atomic E-state index is 14.8. The summed E-state index contributed by atoms with van der Waals surface area (Å²) in [6.07, 6.45) is 0. The first kappa shape index (κ1) is 18.5. The SMILES string of the molecule is COc1cc(Cl)ccc1-c1cc(F)c(-c2ccc(Cl)cc2OC)cc1F. The van der Waals surface area contributed by atoms with Crippen LogP contribution in [0.3, 0.4) is 0 Å². The van der Waals surface area contributed by atoms with Gasteiger partial charge in [-0.2, -0.15) is 0 Å². The Kier molecular flexibility index (Phi) is 5.35. The van der Waals surface area contributed by atoms with Crippen molar-refractivity contribution in [3.63, 3.8) is 0 Å². The molecule has 0 heterocycles. The third kappa shape index (κ3) is 3.48. The van der Waals surface area contributed by atoms with Gasteiger partial charge in [-0.3, -0.25) is 0 Å². The molecule has 0 amide bonds. The number of ether oxygens (including phenoxy) is 2. The summed E-state index contributed by atoms with van der Waals surface area (Å²) < 4.78 is 40.1. The van der Waals surface area contributed by atoms with E-state index in [1.165, 1.54) is 14.2 Å². The van der Waals surface area contributed by atoms with E-state index >= 15 is 0 Å². The van der Waals surface area contributed by atoms with Crippen molar-refractivity contribution in [3.05, 3.63) is 70.2 Å². The normalized spacial score (nSPS) is 10.7. The van der Waals surface area contributed by atoms with Crippen molar-refractivity contribution in [1.29, 1.82) is 0 Å². The molecule has 0 aliphatic heterocycles. The van der Waals surface area contributed by atoms with Gasteiger partial charge in [0.2, 0.25) is 0 Å². The number of rotatable bonds is 4. The highest BCUT2D eigenvalue weighted by molar-refractivity contribution is 6.31. The van der Waals surface area contributed by atoms with E-state index in [1.54, 1.807) is 36.4 Å². The number of hydrogen-bond acceptors (Lipinski definition) is 2. The number of benzene rings is 3. The molecule has 3 rings (SSSR count). The van der Waals surface area contributed by atoms with Gasteiger partial charge in [-0.25, -0.2) is 8.78 Å². The minimum Gasteiger partial charge on any atom is -0.496 e. The van der Waals surface area contributed by atoms with Crippen molar-refractivity contribution < 1.29 is 18.3 Å². The van der Waals surface area contributed by atoms with Crippen LogP contribution in [0.4, 0.5) is 8.78 Å². The molecule has 2 nitrogen and oxygen atoms in total. The zero-order valence-electron chi connectivity index (χ0n) is 13.9. The Bertz CT molecular complexity index is 895. The Morgan fingerprint density at radius 1 is 0.615 bits per heavy atom. The molecule has 134 valence electrons. The van der Waals surface area contributed by atoms with Gasteiger partial charge >= 0.3 is 0 Å². The summed E-state index contributed by atoms with van der Waals surface area (Å²) in [7, 11) is 2.88. The Balaban J connectivity index is 2.16. The molecule has 26 heavy (non-hydrogen) atoms. The highest BCUT2D eigenvalue weighted by Crippen LogP contribution is 2.39. The van der Waals surface area contributed by atoms with Crippen LogP contribution in [0.25, 0.3) is 22.3 Å². The van der Waals surface area contributed by atoms with Crippen molar-refractivity contribution in [1.82, 2.24) is 0 Å². The average molecular weight is 395 g/mol. The van der Waals surface area contributed by atoms with Crippen LogP contribution in [0, 0.1) is 11.6 Å². The highest BCUT2D eigenvalue weighted by atomic mass is 35.5. The van der Waals surface area contributed by atoms with Crippen molar-refractivity contribution in [3.8, 4) is 33.8 Å². The zero-order valence-corrected chi connectivity index (χ0v) is 15.5. The van der Waals surface area contributed by atoms with Gasteiger partial charge in [-0.1, -0.05) is 23.2 Å². The second-order valence-electron chi connectivity index (χ2n) is 5.50. The number of halogens is 4. The average Bonchev–Trinajstić information content (AvgIpc) is 2.63. The fraction of sp³-hybridized carbons (Fsp3) is 0.100. The smallest absolute Gasteiger partial charge is 0.131 e. The molecule has 0 N–H and O–H groups in total. The molecule has 0 aliphatic rings. The lowest BCUT2D eigenvalue weighted by Crippen LogP contribution is -1.96. The lowest BCUT2D eigenvalue weighted by Gasteiger charge is -2.14. The van der Waals surface area contributed by atoms with Crippen LogP contribution in [0.15, 0.2) is 48.5 Å². The molecule has 0 saturated heterocycles. The summed E-state index contributed by atoms with van der Waals surface area (Å²) >= 11 is 11.9. The topological polar surface area (TPSA) is 18.5 Å². The van der Waals surface area contributed by atoms with E-state index in [9.17, 15) is 8.78 Å². The molecule has 0 atom stereocenters. The summed E-state index contributed by atoms with van der Waals surface area (Å²) in [5.41, 5.74) is 0.964. The fourth-order valence-electron chi connectivity index (χ4n) is 2.73. The lowest BCUT2D eigenvalue weighted by atomic mass is 9.98. The highest BCUT2D eigenvalue weighted by Gasteiger charge is 2.18. The minimum atomic E-state index is -0.598. The van der Waals surface area contributed by atoms with Gasteiger partial charge in [0.05, 0.1) is 14.2 Å². The van der Waals surface area contributed by atoms with Crippen LogP contribution in [-0.4, -0.2) is 14.2 Å². The van der Waals surface area contributed by atoms with Crippen molar-refractivity contribution >= 4 is 23.2 Å². The second kappa shape index (κ2) is 7.52. The molecule has 3 aromatic rings. The van der Waals surface area contributed by atoms with Crippen LogP contribution in [0.2, 0.25) is 10.0 Å². The predicted octanol–water partition coefficient (Wildman–Crippen LogP) is 6.62.